The Morgan fingerprint density at radius 2 is 2.11 bits per heavy atom. The van der Waals surface area contributed by atoms with Crippen molar-refractivity contribution in [2.75, 3.05) is 31.2 Å². The van der Waals surface area contributed by atoms with E-state index in [2.05, 4.69) is 11.8 Å². The number of ether oxygens (including phenoxy) is 1. The average Bonchev–Trinajstić information content (AvgIpc) is 2.41. The predicted molar refractivity (Wildman–Crippen MR) is 73.3 cm³/mol. The molecule has 0 unspecified atom stereocenters. The van der Waals surface area contributed by atoms with Gasteiger partial charge < -0.3 is 9.64 Å². The van der Waals surface area contributed by atoms with Crippen LogP contribution in [0.4, 0.5) is 5.69 Å². The summed E-state index contributed by atoms with van der Waals surface area (Å²) < 4.78 is 5.59. The summed E-state index contributed by atoms with van der Waals surface area (Å²) in [5.74, 6) is 0.258. The second-order valence-corrected chi connectivity index (χ2v) is 4.64. The van der Waals surface area contributed by atoms with Crippen LogP contribution in [0.15, 0.2) is 24.3 Å². The van der Waals surface area contributed by atoms with E-state index in [0.717, 1.165) is 44.0 Å². The molecule has 1 aromatic carbocycles. The summed E-state index contributed by atoms with van der Waals surface area (Å²) in [6, 6.07) is 7.86. The van der Waals surface area contributed by atoms with E-state index in [0.29, 0.717) is 6.42 Å². The Bertz CT molecular complexity index is 403. The maximum atomic E-state index is 11.8. The van der Waals surface area contributed by atoms with E-state index in [1.807, 2.05) is 24.3 Å². The number of anilines is 1. The molecule has 0 aromatic heterocycles. The minimum atomic E-state index is 0.258. The SMILES string of the molecule is CCCCOCCN1CCC(=O)c2ccccc21. The molecule has 0 fully saturated rings. The molecule has 1 aliphatic heterocycles. The summed E-state index contributed by atoms with van der Waals surface area (Å²) in [7, 11) is 0. The number of fused-ring (bicyclic) bond motifs is 1. The van der Waals surface area contributed by atoms with E-state index in [-0.39, 0.29) is 5.78 Å². The van der Waals surface area contributed by atoms with Crippen LogP contribution in [0.1, 0.15) is 36.5 Å². The average molecular weight is 247 g/mol. The highest BCUT2D eigenvalue weighted by molar-refractivity contribution is 6.03. The van der Waals surface area contributed by atoms with Crippen LogP contribution < -0.4 is 4.90 Å². The largest absolute Gasteiger partial charge is 0.380 e. The number of Topliss-reactive ketones (excluding diaryl/α,β-unsaturated/α-hetero) is 1. The number of unbranched alkanes of at least 4 members (excludes halogenated alkanes) is 1. The Hall–Kier alpha value is -1.35. The second-order valence-electron chi connectivity index (χ2n) is 4.64. The zero-order valence-electron chi connectivity index (χ0n) is 11.0. The molecule has 0 N–H and O–H groups in total. The van der Waals surface area contributed by atoms with Gasteiger partial charge in [-0.05, 0) is 18.6 Å². The van der Waals surface area contributed by atoms with E-state index in [9.17, 15) is 4.79 Å². The lowest BCUT2D eigenvalue weighted by Gasteiger charge is -2.30. The number of benzene rings is 1. The van der Waals surface area contributed by atoms with Gasteiger partial charge in [0.1, 0.15) is 0 Å². The van der Waals surface area contributed by atoms with Gasteiger partial charge in [-0.2, -0.15) is 0 Å². The van der Waals surface area contributed by atoms with E-state index < -0.39 is 0 Å². The molecule has 0 bridgehead atoms. The van der Waals surface area contributed by atoms with Crippen LogP contribution in [0.2, 0.25) is 0 Å². The summed E-state index contributed by atoms with van der Waals surface area (Å²) in [4.78, 5) is 14.0. The van der Waals surface area contributed by atoms with E-state index >= 15 is 0 Å². The smallest absolute Gasteiger partial charge is 0.166 e. The van der Waals surface area contributed by atoms with Crippen LogP contribution in [0.25, 0.3) is 0 Å². The molecule has 18 heavy (non-hydrogen) atoms. The summed E-state index contributed by atoms with van der Waals surface area (Å²) in [5.41, 5.74) is 1.92. The highest BCUT2D eigenvalue weighted by Crippen LogP contribution is 2.26. The fourth-order valence-electron chi connectivity index (χ4n) is 2.23. The van der Waals surface area contributed by atoms with Gasteiger partial charge in [0.2, 0.25) is 0 Å². The maximum absolute atomic E-state index is 11.8. The number of rotatable bonds is 6. The van der Waals surface area contributed by atoms with E-state index in [1.165, 1.54) is 6.42 Å². The van der Waals surface area contributed by atoms with Crippen molar-refractivity contribution in [2.24, 2.45) is 0 Å². The predicted octanol–water partition coefficient (Wildman–Crippen LogP) is 2.90. The molecule has 0 spiro atoms. The topological polar surface area (TPSA) is 29.5 Å². The minimum absolute atomic E-state index is 0.258. The lowest BCUT2D eigenvalue weighted by molar-refractivity contribution is 0.0976. The van der Waals surface area contributed by atoms with Crippen LogP contribution in [0, 0.1) is 0 Å². The zero-order valence-corrected chi connectivity index (χ0v) is 11.0. The van der Waals surface area contributed by atoms with E-state index in [4.69, 9.17) is 4.74 Å². The summed E-state index contributed by atoms with van der Waals surface area (Å²) in [5, 5.41) is 0. The van der Waals surface area contributed by atoms with Crippen molar-refractivity contribution in [1.82, 2.24) is 0 Å². The highest BCUT2D eigenvalue weighted by Gasteiger charge is 2.21. The van der Waals surface area contributed by atoms with Crippen molar-refractivity contribution in [1.29, 1.82) is 0 Å². The van der Waals surface area contributed by atoms with Crippen molar-refractivity contribution in [2.45, 2.75) is 26.2 Å². The Labute approximate surface area is 109 Å². The van der Waals surface area contributed by atoms with Crippen molar-refractivity contribution < 1.29 is 9.53 Å². The number of hydrogen-bond donors (Lipinski definition) is 0. The number of carbonyl (C=O) groups is 1. The van der Waals surface area contributed by atoms with Crippen LogP contribution in [0.3, 0.4) is 0 Å². The standard InChI is InChI=1S/C15H21NO2/c1-2-3-11-18-12-10-16-9-8-15(17)13-6-4-5-7-14(13)16/h4-7H,2-3,8-12H2,1H3. The number of nitrogens with zero attached hydrogens (tertiary/aromatic N) is 1. The van der Waals surface area contributed by atoms with Crippen LogP contribution in [-0.2, 0) is 4.74 Å². The third kappa shape index (κ3) is 3.10. The zero-order chi connectivity index (χ0) is 12.8. The molecule has 0 saturated carbocycles. The molecule has 2 rings (SSSR count). The number of ketones is 1. The monoisotopic (exact) mass is 247 g/mol. The van der Waals surface area contributed by atoms with Crippen molar-refractivity contribution in [3.63, 3.8) is 0 Å². The Morgan fingerprint density at radius 1 is 1.28 bits per heavy atom. The first kappa shape index (κ1) is 13.1. The molecule has 3 nitrogen and oxygen atoms in total. The number of carbonyl (C=O) groups excluding carboxylic acids is 1. The molecular formula is C15H21NO2. The van der Waals surface area contributed by atoms with Crippen LogP contribution >= 0.6 is 0 Å². The molecule has 0 saturated heterocycles. The van der Waals surface area contributed by atoms with Gasteiger partial charge in [0.25, 0.3) is 0 Å². The van der Waals surface area contributed by atoms with Gasteiger partial charge in [0.15, 0.2) is 5.78 Å². The van der Waals surface area contributed by atoms with Gasteiger partial charge in [-0.3, -0.25) is 4.79 Å². The van der Waals surface area contributed by atoms with Gasteiger partial charge >= 0.3 is 0 Å². The van der Waals surface area contributed by atoms with Gasteiger partial charge in [0.05, 0.1) is 6.61 Å². The summed E-state index contributed by atoms with van der Waals surface area (Å²) >= 11 is 0. The first-order valence-corrected chi connectivity index (χ1v) is 6.78. The Kier molecular flexibility index (Phi) is 4.76. The summed E-state index contributed by atoms with van der Waals surface area (Å²) in [6.45, 7) is 5.42. The Balaban J connectivity index is 1.91. The molecule has 3 heteroatoms. The lowest BCUT2D eigenvalue weighted by Crippen LogP contribution is -2.34. The molecule has 98 valence electrons. The Morgan fingerprint density at radius 3 is 2.94 bits per heavy atom. The molecule has 1 heterocycles. The third-order valence-corrected chi connectivity index (χ3v) is 3.30. The maximum Gasteiger partial charge on any atom is 0.166 e. The first-order chi connectivity index (χ1) is 8.83. The van der Waals surface area contributed by atoms with Crippen molar-refractivity contribution >= 4 is 11.5 Å². The van der Waals surface area contributed by atoms with Crippen molar-refractivity contribution in [3.05, 3.63) is 29.8 Å². The molecule has 1 aromatic rings. The van der Waals surface area contributed by atoms with E-state index in [1.54, 1.807) is 0 Å². The van der Waals surface area contributed by atoms with Gasteiger partial charge in [0, 0.05) is 37.4 Å². The normalized spacial score (nSPS) is 14.7. The molecule has 1 aliphatic rings. The van der Waals surface area contributed by atoms with Crippen LogP contribution in [0.5, 0.6) is 0 Å². The van der Waals surface area contributed by atoms with Gasteiger partial charge in [-0.15, -0.1) is 0 Å². The number of hydrogen-bond acceptors (Lipinski definition) is 3. The second kappa shape index (κ2) is 6.55. The quantitative estimate of drug-likeness (QED) is 0.724. The molecule has 0 atom stereocenters. The molecule has 0 amide bonds. The lowest BCUT2D eigenvalue weighted by atomic mass is 10.0. The van der Waals surface area contributed by atoms with Crippen LogP contribution in [-0.4, -0.2) is 32.1 Å². The van der Waals surface area contributed by atoms with Crippen molar-refractivity contribution in [3.8, 4) is 0 Å². The number of para-hydroxylation sites is 1. The molecule has 0 radical (unpaired) electrons. The van der Waals surface area contributed by atoms with Gasteiger partial charge in [-0.1, -0.05) is 25.5 Å². The molecule has 0 aliphatic carbocycles. The minimum Gasteiger partial charge on any atom is -0.380 e. The summed E-state index contributed by atoms with van der Waals surface area (Å²) in [6.07, 6.45) is 2.90. The first-order valence-electron chi connectivity index (χ1n) is 6.78. The fourth-order valence-corrected chi connectivity index (χ4v) is 2.23. The fraction of sp³-hybridized carbons (Fsp3) is 0.533. The third-order valence-electron chi connectivity index (χ3n) is 3.30. The highest BCUT2D eigenvalue weighted by atomic mass is 16.5. The van der Waals surface area contributed by atoms with Gasteiger partial charge in [-0.25, -0.2) is 0 Å². The molecular weight excluding hydrogens is 226 g/mol.